The van der Waals surface area contributed by atoms with Gasteiger partial charge in [0.2, 0.25) is 11.8 Å². The number of aryl methyl sites for hydroxylation is 1. The predicted octanol–water partition coefficient (Wildman–Crippen LogP) is 1.89. The van der Waals surface area contributed by atoms with E-state index in [0.717, 1.165) is 23.3 Å². The van der Waals surface area contributed by atoms with Crippen molar-refractivity contribution in [3.63, 3.8) is 0 Å². The molecular formula is C21H28N4O4. The molecule has 1 aromatic rings. The van der Waals surface area contributed by atoms with Crippen LogP contribution in [-0.2, 0) is 14.4 Å². The average molecular weight is 400 g/mol. The second kappa shape index (κ2) is 8.23. The van der Waals surface area contributed by atoms with Gasteiger partial charge in [0, 0.05) is 12.7 Å². The minimum absolute atomic E-state index is 0.168. The molecule has 1 spiro atoms. The molecule has 0 atom stereocenters. The Kier molecular flexibility index (Phi) is 5.91. The van der Waals surface area contributed by atoms with E-state index < -0.39 is 17.5 Å². The summed E-state index contributed by atoms with van der Waals surface area (Å²) in [5.41, 5.74) is 0.851. The molecule has 2 fully saturated rings. The molecule has 0 aromatic heterocycles. The fourth-order valence-corrected chi connectivity index (χ4v) is 3.81. The van der Waals surface area contributed by atoms with Crippen LogP contribution in [0.2, 0.25) is 0 Å². The van der Waals surface area contributed by atoms with Crippen molar-refractivity contribution in [3.8, 4) is 0 Å². The van der Waals surface area contributed by atoms with E-state index in [2.05, 4.69) is 17.6 Å². The number of anilines is 1. The van der Waals surface area contributed by atoms with Crippen LogP contribution in [0.5, 0.6) is 0 Å². The number of hydrogen-bond acceptors (Lipinski definition) is 4. The third-order valence-corrected chi connectivity index (χ3v) is 5.81. The number of hydrogen-bond donors (Lipinski definition) is 2. The molecule has 8 heteroatoms. The number of nitrogens with zero attached hydrogens (tertiary/aromatic N) is 2. The van der Waals surface area contributed by atoms with Crippen molar-refractivity contribution in [1.29, 1.82) is 0 Å². The van der Waals surface area contributed by atoms with Crippen LogP contribution in [-0.4, -0.2) is 59.2 Å². The first-order valence-electron chi connectivity index (χ1n) is 9.95. The summed E-state index contributed by atoms with van der Waals surface area (Å²) in [6, 6.07) is 6.79. The smallest absolute Gasteiger partial charge is 0.325 e. The van der Waals surface area contributed by atoms with E-state index in [9.17, 15) is 19.2 Å². The van der Waals surface area contributed by atoms with Crippen molar-refractivity contribution < 1.29 is 19.2 Å². The molecule has 1 aliphatic carbocycles. The highest BCUT2D eigenvalue weighted by Gasteiger charge is 2.52. The van der Waals surface area contributed by atoms with Crippen LogP contribution in [0.25, 0.3) is 0 Å². The number of urea groups is 1. The standard InChI is InChI=1S/C21H28N4O4/c1-14-4-6-16(7-5-14)22-17(26)12-24(3)18(27)13-25-19(28)21(23-20(25)29)10-8-15(2)9-11-21/h4-7,15H,8-13H2,1-3H3,(H,22,26)(H,23,29). The van der Waals surface area contributed by atoms with Gasteiger partial charge in [-0.2, -0.15) is 0 Å². The van der Waals surface area contributed by atoms with E-state index in [1.807, 2.05) is 19.1 Å². The van der Waals surface area contributed by atoms with Crippen molar-refractivity contribution in [2.75, 3.05) is 25.5 Å². The van der Waals surface area contributed by atoms with Gasteiger partial charge < -0.3 is 15.5 Å². The molecule has 5 amide bonds. The number of amides is 5. The van der Waals surface area contributed by atoms with Crippen LogP contribution in [0, 0.1) is 12.8 Å². The first kappa shape index (κ1) is 20.8. The maximum Gasteiger partial charge on any atom is 0.325 e. The largest absolute Gasteiger partial charge is 0.335 e. The molecule has 2 aliphatic rings. The van der Waals surface area contributed by atoms with Crippen LogP contribution in [0.3, 0.4) is 0 Å². The summed E-state index contributed by atoms with van der Waals surface area (Å²) < 4.78 is 0. The Morgan fingerprint density at radius 1 is 1.21 bits per heavy atom. The van der Waals surface area contributed by atoms with E-state index in [-0.39, 0.29) is 24.9 Å². The van der Waals surface area contributed by atoms with Crippen LogP contribution < -0.4 is 10.6 Å². The Hall–Kier alpha value is -2.90. The number of nitrogens with one attached hydrogen (secondary N) is 2. The van der Waals surface area contributed by atoms with Crippen molar-refractivity contribution >= 4 is 29.4 Å². The molecule has 1 saturated heterocycles. The highest BCUT2D eigenvalue weighted by atomic mass is 16.2. The number of benzene rings is 1. The lowest BCUT2D eigenvalue weighted by atomic mass is 9.77. The molecule has 29 heavy (non-hydrogen) atoms. The summed E-state index contributed by atoms with van der Waals surface area (Å²) in [4.78, 5) is 52.1. The summed E-state index contributed by atoms with van der Waals surface area (Å²) in [6.45, 7) is 3.55. The van der Waals surface area contributed by atoms with Crippen molar-refractivity contribution in [2.24, 2.45) is 5.92 Å². The Balaban J connectivity index is 1.55. The van der Waals surface area contributed by atoms with E-state index in [1.54, 1.807) is 12.1 Å². The summed E-state index contributed by atoms with van der Waals surface area (Å²) in [6.07, 6.45) is 2.93. The van der Waals surface area contributed by atoms with Gasteiger partial charge in [-0.05, 0) is 50.7 Å². The molecule has 1 aromatic carbocycles. The second-order valence-corrected chi connectivity index (χ2v) is 8.25. The van der Waals surface area contributed by atoms with Crippen LogP contribution >= 0.6 is 0 Å². The quantitative estimate of drug-likeness (QED) is 0.738. The first-order valence-corrected chi connectivity index (χ1v) is 9.95. The highest BCUT2D eigenvalue weighted by molar-refractivity contribution is 6.09. The molecule has 0 radical (unpaired) electrons. The van der Waals surface area contributed by atoms with Gasteiger partial charge in [-0.3, -0.25) is 19.3 Å². The number of rotatable bonds is 5. The maximum absolute atomic E-state index is 12.8. The predicted molar refractivity (Wildman–Crippen MR) is 108 cm³/mol. The molecule has 0 bridgehead atoms. The number of carbonyl (C=O) groups excluding carboxylic acids is 4. The van der Waals surface area contributed by atoms with Gasteiger partial charge in [0.25, 0.3) is 5.91 Å². The molecule has 1 aliphatic heterocycles. The lowest BCUT2D eigenvalue weighted by Crippen LogP contribution is -2.50. The molecular weight excluding hydrogens is 372 g/mol. The Labute approximate surface area is 170 Å². The Morgan fingerprint density at radius 2 is 1.83 bits per heavy atom. The summed E-state index contributed by atoms with van der Waals surface area (Å²) >= 11 is 0. The van der Waals surface area contributed by atoms with Gasteiger partial charge in [0.05, 0.1) is 6.54 Å². The van der Waals surface area contributed by atoms with E-state index in [0.29, 0.717) is 24.4 Å². The van der Waals surface area contributed by atoms with Crippen molar-refractivity contribution in [1.82, 2.24) is 15.1 Å². The highest BCUT2D eigenvalue weighted by Crippen LogP contribution is 2.36. The summed E-state index contributed by atoms with van der Waals surface area (Å²) in [5.74, 6) is -0.618. The van der Waals surface area contributed by atoms with E-state index >= 15 is 0 Å². The van der Waals surface area contributed by atoms with Crippen LogP contribution in [0.1, 0.15) is 38.2 Å². The van der Waals surface area contributed by atoms with Gasteiger partial charge in [0.1, 0.15) is 12.1 Å². The lowest BCUT2D eigenvalue weighted by Gasteiger charge is -2.33. The molecule has 8 nitrogen and oxygen atoms in total. The van der Waals surface area contributed by atoms with Gasteiger partial charge in [-0.25, -0.2) is 4.79 Å². The molecule has 1 saturated carbocycles. The zero-order valence-electron chi connectivity index (χ0n) is 17.2. The fourth-order valence-electron chi connectivity index (χ4n) is 3.81. The number of carbonyl (C=O) groups is 4. The minimum Gasteiger partial charge on any atom is -0.335 e. The van der Waals surface area contributed by atoms with Gasteiger partial charge in [0.15, 0.2) is 0 Å². The zero-order valence-corrected chi connectivity index (χ0v) is 17.2. The van der Waals surface area contributed by atoms with Gasteiger partial charge >= 0.3 is 6.03 Å². The Morgan fingerprint density at radius 3 is 2.45 bits per heavy atom. The Bertz CT molecular complexity index is 812. The SMILES string of the molecule is Cc1ccc(NC(=O)CN(C)C(=O)CN2C(=O)NC3(CCC(C)CC3)C2=O)cc1. The normalized spacial score (nSPS) is 23.8. The van der Waals surface area contributed by atoms with Gasteiger partial charge in [-0.1, -0.05) is 24.6 Å². The van der Waals surface area contributed by atoms with Crippen LogP contribution in [0.15, 0.2) is 24.3 Å². The summed E-state index contributed by atoms with van der Waals surface area (Å²) in [7, 11) is 1.48. The van der Waals surface area contributed by atoms with Crippen LogP contribution in [0.4, 0.5) is 10.5 Å². The minimum atomic E-state index is -0.870. The number of imide groups is 1. The van der Waals surface area contributed by atoms with Gasteiger partial charge in [-0.15, -0.1) is 0 Å². The molecule has 156 valence electrons. The van der Waals surface area contributed by atoms with E-state index in [1.165, 1.54) is 11.9 Å². The maximum atomic E-state index is 12.8. The second-order valence-electron chi connectivity index (χ2n) is 8.25. The molecule has 3 rings (SSSR count). The topological polar surface area (TPSA) is 98.8 Å². The number of likely N-dealkylation sites (N-methyl/N-ethyl adjacent to an activating group) is 1. The summed E-state index contributed by atoms with van der Waals surface area (Å²) in [5, 5.41) is 5.52. The third-order valence-electron chi connectivity index (χ3n) is 5.81. The molecule has 2 N–H and O–H groups in total. The fraction of sp³-hybridized carbons (Fsp3) is 0.524. The molecule has 1 heterocycles. The van der Waals surface area contributed by atoms with Crippen molar-refractivity contribution in [2.45, 2.75) is 45.1 Å². The third kappa shape index (κ3) is 4.58. The lowest BCUT2D eigenvalue weighted by molar-refractivity contribution is -0.139. The van der Waals surface area contributed by atoms with E-state index in [4.69, 9.17) is 0 Å². The van der Waals surface area contributed by atoms with Crippen molar-refractivity contribution in [3.05, 3.63) is 29.8 Å². The zero-order chi connectivity index (χ0) is 21.2. The monoisotopic (exact) mass is 400 g/mol. The molecule has 0 unspecified atom stereocenters. The average Bonchev–Trinajstić information content (AvgIpc) is 2.90. The first-order chi connectivity index (χ1) is 13.7.